The second-order valence-electron chi connectivity index (χ2n) is 7.07. The van der Waals surface area contributed by atoms with Crippen LogP contribution in [0.4, 0.5) is 0 Å². The molecule has 3 heteroatoms. The third kappa shape index (κ3) is 2.02. The van der Waals surface area contributed by atoms with Crippen LogP contribution in [-0.4, -0.2) is 29.0 Å². The monoisotopic (exact) mass is 241 g/mol. The number of hydrogen-bond acceptors (Lipinski definition) is 3. The van der Waals surface area contributed by atoms with Crippen molar-refractivity contribution < 1.29 is 9.84 Å². The van der Waals surface area contributed by atoms with Crippen molar-refractivity contribution in [2.45, 2.75) is 70.7 Å². The molecular formula is C14H27NO2. The second-order valence-corrected chi connectivity index (χ2v) is 7.07. The first-order chi connectivity index (χ1) is 7.73. The highest BCUT2D eigenvalue weighted by Crippen LogP contribution is 2.56. The Morgan fingerprint density at radius 2 is 1.94 bits per heavy atom. The summed E-state index contributed by atoms with van der Waals surface area (Å²) >= 11 is 0. The molecule has 100 valence electrons. The summed E-state index contributed by atoms with van der Waals surface area (Å²) in [5.74, 6) is 0.354. The van der Waals surface area contributed by atoms with E-state index in [2.05, 4.69) is 27.7 Å². The molecule has 0 amide bonds. The minimum Gasteiger partial charge on any atom is -0.392 e. The van der Waals surface area contributed by atoms with Gasteiger partial charge in [-0.1, -0.05) is 6.42 Å². The highest BCUT2D eigenvalue weighted by molar-refractivity contribution is 5.08. The first-order valence-corrected chi connectivity index (χ1v) is 6.82. The molecule has 1 saturated heterocycles. The van der Waals surface area contributed by atoms with E-state index in [-0.39, 0.29) is 22.7 Å². The van der Waals surface area contributed by atoms with Crippen molar-refractivity contribution in [2.75, 3.05) is 6.54 Å². The molecule has 0 radical (unpaired) electrons. The summed E-state index contributed by atoms with van der Waals surface area (Å²) in [7, 11) is 0. The Labute approximate surface area is 105 Å². The number of aliphatic hydroxyl groups excluding tert-OH is 1. The Balaban J connectivity index is 2.32. The summed E-state index contributed by atoms with van der Waals surface area (Å²) in [5, 5.41) is 10.4. The summed E-state index contributed by atoms with van der Waals surface area (Å²) in [4.78, 5) is 0. The van der Waals surface area contributed by atoms with Gasteiger partial charge in [0.05, 0.1) is 17.3 Å². The maximum Gasteiger partial charge on any atom is 0.0669 e. The van der Waals surface area contributed by atoms with Crippen LogP contribution in [0.15, 0.2) is 0 Å². The quantitative estimate of drug-likeness (QED) is 0.778. The molecule has 1 heterocycles. The van der Waals surface area contributed by atoms with Gasteiger partial charge >= 0.3 is 0 Å². The molecular weight excluding hydrogens is 214 g/mol. The summed E-state index contributed by atoms with van der Waals surface area (Å²) in [6.45, 7) is 9.14. The Morgan fingerprint density at radius 3 is 2.29 bits per heavy atom. The fourth-order valence-corrected chi connectivity index (χ4v) is 4.32. The van der Waals surface area contributed by atoms with Crippen LogP contribution in [0.1, 0.15) is 53.4 Å². The molecule has 1 aliphatic heterocycles. The van der Waals surface area contributed by atoms with Crippen molar-refractivity contribution in [2.24, 2.45) is 17.1 Å². The van der Waals surface area contributed by atoms with E-state index in [9.17, 15) is 5.11 Å². The molecule has 1 aliphatic carbocycles. The minimum atomic E-state index is -0.255. The fraction of sp³-hybridized carbons (Fsp3) is 1.00. The highest BCUT2D eigenvalue weighted by atomic mass is 16.5. The normalized spacial score (nSPS) is 44.1. The van der Waals surface area contributed by atoms with E-state index in [0.29, 0.717) is 12.5 Å². The van der Waals surface area contributed by atoms with Crippen LogP contribution >= 0.6 is 0 Å². The van der Waals surface area contributed by atoms with Crippen molar-refractivity contribution in [1.82, 2.24) is 0 Å². The van der Waals surface area contributed by atoms with Gasteiger partial charge in [-0.05, 0) is 52.9 Å². The standard InChI is InChI=1S/C14H27NO2/c1-12(2)8-10(13(3,4)17-12)14(9-15)7-5-6-11(14)16/h10-11,16H,5-9,15H2,1-4H3. The lowest BCUT2D eigenvalue weighted by Gasteiger charge is -2.43. The lowest BCUT2D eigenvalue weighted by molar-refractivity contribution is -0.102. The van der Waals surface area contributed by atoms with Gasteiger partial charge in [-0.3, -0.25) is 0 Å². The zero-order valence-electron chi connectivity index (χ0n) is 11.6. The average molecular weight is 241 g/mol. The SMILES string of the molecule is CC1(C)CC(C2(CN)CCCC2O)C(C)(C)O1. The maximum atomic E-state index is 10.4. The summed E-state index contributed by atoms with van der Waals surface area (Å²) < 4.78 is 6.17. The van der Waals surface area contributed by atoms with Gasteiger partial charge in [0.1, 0.15) is 0 Å². The zero-order chi connectivity index (χ0) is 12.9. The van der Waals surface area contributed by atoms with Crippen molar-refractivity contribution in [3.8, 4) is 0 Å². The van der Waals surface area contributed by atoms with Crippen LogP contribution in [0, 0.1) is 11.3 Å². The van der Waals surface area contributed by atoms with Crippen molar-refractivity contribution in [1.29, 1.82) is 0 Å². The first kappa shape index (κ1) is 13.3. The zero-order valence-corrected chi connectivity index (χ0v) is 11.6. The fourth-order valence-electron chi connectivity index (χ4n) is 4.32. The molecule has 0 aromatic carbocycles. The average Bonchev–Trinajstić information content (AvgIpc) is 2.64. The first-order valence-electron chi connectivity index (χ1n) is 6.82. The largest absolute Gasteiger partial charge is 0.392 e. The van der Waals surface area contributed by atoms with Gasteiger partial charge in [-0.25, -0.2) is 0 Å². The van der Waals surface area contributed by atoms with Crippen LogP contribution < -0.4 is 5.73 Å². The van der Waals surface area contributed by atoms with E-state index >= 15 is 0 Å². The van der Waals surface area contributed by atoms with E-state index < -0.39 is 0 Å². The van der Waals surface area contributed by atoms with E-state index in [1.54, 1.807) is 0 Å². The van der Waals surface area contributed by atoms with E-state index in [0.717, 1.165) is 25.7 Å². The molecule has 17 heavy (non-hydrogen) atoms. The molecule has 3 atom stereocenters. The summed E-state index contributed by atoms with van der Waals surface area (Å²) in [6, 6.07) is 0. The number of hydrogen-bond donors (Lipinski definition) is 2. The van der Waals surface area contributed by atoms with Crippen molar-refractivity contribution in [3.05, 3.63) is 0 Å². The molecule has 2 fully saturated rings. The summed E-state index contributed by atoms with van der Waals surface area (Å²) in [6.07, 6.45) is 3.76. The molecule has 1 saturated carbocycles. The molecule has 0 spiro atoms. The molecule has 3 unspecified atom stereocenters. The Hall–Kier alpha value is -0.120. The van der Waals surface area contributed by atoms with Gasteiger partial charge in [-0.2, -0.15) is 0 Å². The predicted octanol–water partition coefficient (Wildman–Crippen LogP) is 2.07. The second kappa shape index (κ2) is 3.94. The van der Waals surface area contributed by atoms with Crippen LogP contribution in [0.2, 0.25) is 0 Å². The van der Waals surface area contributed by atoms with Crippen LogP contribution in [-0.2, 0) is 4.74 Å². The van der Waals surface area contributed by atoms with Crippen LogP contribution in [0.5, 0.6) is 0 Å². The number of aliphatic hydroxyl groups is 1. The Morgan fingerprint density at radius 1 is 1.29 bits per heavy atom. The Kier molecular flexibility index (Phi) is 3.08. The summed E-state index contributed by atoms with van der Waals surface area (Å²) in [5.41, 5.74) is 5.62. The number of rotatable bonds is 2. The van der Waals surface area contributed by atoms with Gasteiger partial charge in [0.15, 0.2) is 0 Å². The molecule has 3 N–H and O–H groups in total. The smallest absolute Gasteiger partial charge is 0.0669 e. The van der Waals surface area contributed by atoms with Gasteiger partial charge in [0, 0.05) is 12.0 Å². The third-order valence-corrected chi connectivity index (χ3v) is 4.93. The van der Waals surface area contributed by atoms with Gasteiger partial charge in [0.25, 0.3) is 0 Å². The molecule has 2 rings (SSSR count). The lowest BCUT2D eigenvalue weighted by Crippen LogP contribution is -2.50. The van der Waals surface area contributed by atoms with E-state index in [1.165, 1.54) is 0 Å². The number of nitrogens with two attached hydrogens (primary N) is 1. The highest BCUT2D eigenvalue weighted by Gasteiger charge is 2.58. The van der Waals surface area contributed by atoms with Crippen LogP contribution in [0.25, 0.3) is 0 Å². The van der Waals surface area contributed by atoms with E-state index in [1.807, 2.05) is 0 Å². The minimum absolute atomic E-state index is 0.0986. The lowest BCUT2D eigenvalue weighted by atomic mass is 9.64. The topological polar surface area (TPSA) is 55.5 Å². The van der Waals surface area contributed by atoms with Gasteiger partial charge in [-0.15, -0.1) is 0 Å². The van der Waals surface area contributed by atoms with Crippen molar-refractivity contribution >= 4 is 0 Å². The van der Waals surface area contributed by atoms with Crippen LogP contribution in [0.3, 0.4) is 0 Å². The third-order valence-electron chi connectivity index (χ3n) is 4.93. The maximum absolute atomic E-state index is 10.4. The van der Waals surface area contributed by atoms with Gasteiger partial charge < -0.3 is 15.6 Å². The Bertz CT molecular complexity index is 301. The van der Waals surface area contributed by atoms with E-state index in [4.69, 9.17) is 10.5 Å². The molecule has 2 aliphatic rings. The predicted molar refractivity (Wildman–Crippen MR) is 68.7 cm³/mol. The molecule has 0 bridgehead atoms. The molecule has 0 aromatic heterocycles. The number of ether oxygens (including phenoxy) is 1. The van der Waals surface area contributed by atoms with Crippen molar-refractivity contribution in [3.63, 3.8) is 0 Å². The molecule has 0 aromatic rings. The molecule has 3 nitrogen and oxygen atoms in total. The van der Waals surface area contributed by atoms with Gasteiger partial charge in [0.2, 0.25) is 0 Å².